The van der Waals surface area contributed by atoms with Crippen LogP contribution in [0.4, 0.5) is 4.79 Å². The third-order valence-corrected chi connectivity index (χ3v) is 4.04. The van der Waals surface area contributed by atoms with E-state index in [0.717, 1.165) is 0 Å². The van der Waals surface area contributed by atoms with Gasteiger partial charge in [-0.15, -0.1) is 0 Å². The molecule has 106 valence electrons. The summed E-state index contributed by atoms with van der Waals surface area (Å²) in [5.74, 6) is 0. The smallest absolute Gasteiger partial charge is 0.421 e. The van der Waals surface area contributed by atoms with E-state index in [4.69, 9.17) is 5.11 Å². The average Bonchev–Trinajstić information content (AvgIpc) is 2.29. The van der Waals surface area contributed by atoms with Gasteiger partial charge in [0.1, 0.15) is 0 Å². The summed E-state index contributed by atoms with van der Waals surface area (Å²) in [4.78, 5) is 13.0. The molecule has 0 bridgehead atoms. The zero-order valence-corrected chi connectivity index (χ0v) is 11.1. The third-order valence-electron chi connectivity index (χ3n) is 2.58. The van der Waals surface area contributed by atoms with E-state index in [2.05, 4.69) is 4.74 Å². The maximum Gasteiger partial charge on any atom is 0.421 e. The van der Waals surface area contributed by atoms with Gasteiger partial charge in [0.05, 0.1) is 13.2 Å². The first-order chi connectivity index (χ1) is 8.49. The lowest BCUT2D eigenvalue weighted by atomic mass is 10.4. The molecule has 0 aromatic carbocycles. The Morgan fingerprint density at radius 2 is 1.94 bits per heavy atom. The summed E-state index contributed by atoms with van der Waals surface area (Å²) < 4.78 is 31.1. The highest BCUT2D eigenvalue weighted by atomic mass is 32.2. The molecule has 1 fully saturated rings. The standard InChI is InChI=1S/C9H19N3O5S/c1-2-17-9(14)10-18(15,16)12-5-3-11(4-6-12)7-8-13/h13H,2-8H2,1H3,(H,10,14). The minimum Gasteiger partial charge on any atom is -0.449 e. The summed E-state index contributed by atoms with van der Waals surface area (Å²) in [6, 6.07) is 0. The van der Waals surface area contributed by atoms with Gasteiger partial charge in [-0.3, -0.25) is 4.90 Å². The van der Waals surface area contributed by atoms with Crippen molar-refractivity contribution in [2.45, 2.75) is 6.92 Å². The number of carbonyl (C=O) groups is 1. The van der Waals surface area contributed by atoms with Crippen molar-refractivity contribution in [1.82, 2.24) is 13.9 Å². The van der Waals surface area contributed by atoms with E-state index in [1.807, 2.05) is 9.62 Å². The van der Waals surface area contributed by atoms with Gasteiger partial charge in [0.15, 0.2) is 0 Å². The number of β-amino-alcohol motifs (C(OH)–C–C–N with tert-alkyl or cyclic N) is 1. The summed E-state index contributed by atoms with van der Waals surface area (Å²) in [7, 11) is -3.82. The van der Waals surface area contributed by atoms with Crippen LogP contribution in [0.1, 0.15) is 6.92 Å². The maximum atomic E-state index is 11.8. The fourth-order valence-electron chi connectivity index (χ4n) is 1.67. The molecule has 8 nitrogen and oxygen atoms in total. The second-order valence-electron chi connectivity index (χ2n) is 3.79. The number of aliphatic hydroxyl groups excluding tert-OH is 1. The lowest BCUT2D eigenvalue weighted by Crippen LogP contribution is -2.53. The number of carbonyl (C=O) groups excluding carboxylic acids is 1. The molecule has 1 saturated heterocycles. The molecule has 9 heteroatoms. The second kappa shape index (κ2) is 6.88. The van der Waals surface area contributed by atoms with Crippen molar-refractivity contribution in [2.24, 2.45) is 0 Å². The van der Waals surface area contributed by atoms with Crippen LogP contribution in [0.15, 0.2) is 0 Å². The number of nitrogens with one attached hydrogen (secondary N) is 1. The summed E-state index contributed by atoms with van der Waals surface area (Å²) in [6.45, 7) is 3.93. The van der Waals surface area contributed by atoms with Gasteiger partial charge in [0.25, 0.3) is 0 Å². The Labute approximate surface area is 107 Å². The molecule has 0 spiro atoms. The molecular weight excluding hydrogens is 262 g/mol. The zero-order chi connectivity index (χ0) is 13.6. The van der Waals surface area contributed by atoms with Gasteiger partial charge in [0, 0.05) is 32.7 Å². The molecule has 1 aliphatic rings. The Hall–Kier alpha value is -0.900. The molecule has 1 rings (SSSR count). The van der Waals surface area contributed by atoms with Crippen molar-refractivity contribution >= 4 is 16.3 Å². The lowest BCUT2D eigenvalue weighted by molar-refractivity contribution is 0.147. The molecule has 0 aromatic rings. The summed E-state index contributed by atoms with van der Waals surface area (Å²) in [5, 5.41) is 8.78. The maximum absolute atomic E-state index is 11.8. The number of ether oxygens (including phenoxy) is 1. The number of hydrogen-bond donors (Lipinski definition) is 2. The van der Waals surface area contributed by atoms with Gasteiger partial charge in [0.2, 0.25) is 0 Å². The predicted molar refractivity (Wildman–Crippen MR) is 64.2 cm³/mol. The number of piperazine rings is 1. The summed E-state index contributed by atoms with van der Waals surface area (Å²) >= 11 is 0. The highest BCUT2D eigenvalue weighted by Crippen LogP contribution is 2.05. The average molecular weight is 281 g/mol. The topological polar surface area (TPSA) is 99.2 Å². The van der Waals surface area contributed by atoms with Crippen LogP contribution in [0.25, 0.3) is 0 Å². The molecule has 0 atom stereocenters. The van der Waals surface area contributed by atoms with E-state index in [-0.39, 0.29) is 26.3 Å². The largest absolute Gasteiger partial charge is 0.449 e. The van der Waals surface area contributed by atoms with Crippen LogP contribution < -0.4 is 4.72 Å². The van der Waals surface area contributed by atoms with Crippen molar-refractivity contribution in [2.75, 3.05) is 45.9 Å². The lowest BCUT2D eigenvalue weighted by Gasteiger charge is -2.33. The van der Waals surface area contributed by atoms with E-state index in [0.29, 0.717) is 19.6 Å². The minimum absolute atomic E-state index is 0.0494. The van der Waals surface area contributed by atoms with Crippen LogP contribution >= 0.6 is 0 Å². The van der Waals surface area contributed by atoms with Crippen molar-refractivity contribution in [3.8, 4) is 0 Å². The van der Waals surface area contributed by atoms with Gasteiger partial charge in [-0.1, -0.05) is 0 Å². The van der Waals surface area contributed by atoms with Crippen molar-refractivity contribution in [3.05, 3.63) is 0 Å². The Morgan fingerprint density at radius 1 is 1.33 bits per heavy atom. The molecule has 0 unspecified atom stereocenters. The van der Waals surface area contributed by atoms with Gasteiger partial charge in [-0.2, -0.15) is 12.7 Å². The molecule has 1 heterocycles. The van der Waals surface area contributed by atoms with E-state index in [1.165, 1.54) is 4.31 Å². The van der Waals surface area contributed by atoms with E-state index in [1.54, 1.807) is 6.92 Å². The number of aliphatic hydroxyl groups is 1. The number of rotatable bonds is 5. The first kappa shape index (κ1) is 15.2. The fourth-order valence-corrected chi connectivity index (χ4v) is 2.71. The molecule has 1 amide bonds. The Morgan fingerprint density at radius 3 is 2.44 bits per heavy atom. The van der Waals surface area contributed by atoms with E-state index >= 15 is 0 Å². The second-order valence-corrected chi connectivity index (χ2v) is 5.46. The SMILES string of the molecule is CCOC(=O)NS(=O)(=O)N1CCN(CCO)CC1. The van der Waals surface area contributed by atoms with E-state index in [9.17, 15) is 13.2 Å². The highest BCUT2D eigenvalue weighted by Gasteiger charge is 2.28. The minimum atomic E-state index is -3.82. The normalized spacial score (nSPS) is 18.6. The van der Waals surface area contributed by atoms with Crippen LogP contribution in [0.2, 0.25) is 0 Å². The van der Waals surface area contributed by atoms with Crippen molar-refractivity contribution in [3.63, 3.8) is 0 Å². The third kappa shape index (κ3) is 4.41. The molecule has 0 aliphatic carbocycles. The molecular formula is C9H19N3O5S. The fraction of sp³-hybridized carbons (Fsp3) is 0.889. The Kier molecular flexibility index (Phi) is 5.79. The number of nitrogens with zero attached hydrogens (tertiary/aromatic N) is 2. The quantitative estimate of drug-likeness (QED) is 0.642. The van der Waals surface area contributed by atoms with Gasteiger partial charge in [-0.25, -0.2) is 9.52 Å². The monoisotopic (exact) mass is 281 g/mol. The summed E-state index contributed by atoms with van der Waals surface area (Å²) in [5.41, 5.74) is 0. The molecule has 18 heavy (non-hydrogen) atoms. The summed E-state index contributed by atoms with van der Waals surface area (Å²) in [6.07, 6.45) is -0.963. The first-order valence-electron chi connectivity index (χ1n) is 5.77. The van der Waals surface area contributed by atoms with Crippen LogP contribution in [0.3, 0.4) is 0 Å². The van der Waals surface area contributed by atoms with Crippen molar-refractivity contribution in [1.29, 1.82) is 0 Å². The van der Waals surface area contributed by atoms with Crippen LogP contribution in [0, 0.1) is 0 Å². The Balaban J connectivity index is 2.47. The van der Waals surface area contributed by atoms with Gasteiger partial charge < -0.3 is 9.84 Å². The van der Waals surface area contributed by atoms with E-state index < -0.39 is 16.3 Å². The van der Waals surface area contributed by atoms with Crippen LogP contribution in [0.5, 0.6) is 0 Å². The zero-order valence-electron chi connectivity index (χ0n) is 10.3. The molecule has 1 aliphatic heterocycles. The van der Waals surface area contributed by atoms with Crippen LogP contribution in [-0.2, 0) is 14.9 Å². The number of hydrogen-bond acceptors (Lipinski definition) is 6. The molecule has 2 N–H and O–H groups in total. The first-order valence-corrected chi connectivity index (χ1v) is 7.21. The van der Waals surface area contributed by atoms with Crippen LogP contribution in [-0.4, -0.2) is 74.8 Å². The van der Waals surface area contributed by atoms with Gasteiger partial charge in [-0.05, 0) is 6.92 Å². The molecule has 0 radical (unpaired) electrons. The van der Waals surface area contributed by atoms with Crippen molar-refractivity contribution < 1.29 is 23.1 Å². The molecule has 0 aromatic heterocycles. The highest BCUT2D eigenvalue weighted by molar-refractivity contribution is 7.87. The molecule has 0 saturated carbocycles. The van der Waals surface area contributed by atoms with Gasteiger partial charge >= 0.3 is 16.3 Å². The predicted octanol–water partition coefficient (Wildman–Crippen LogP) is -1.41. The Bertz CT molecular complexity index is 364. The number of amides is 1.